The number of sulfone groups is 1. The largest absolute Gasteiger partial charge is 0.497 e. The van der Waals surface area contributed by atoms with Crippen LogP contribution in [0.3, 0.4) is 0 Å². The molecule has 0 bridgehead atoms. The molecular weight excluding hydrogens is 420 g/mol. The van der Waals surface area contributed by atoms with Crippen molar-refractivity contribution in [2.75, 3.05) is 39.3 Å². The lowest BCUT2D eigenvalue weighted by Gasteiger charge is -2.24. The molecule has 1 aliphatic heterocycles. The van der Waals surface area contributed by atoms with Gasteiger partial charge in [0.05, 0.1) is 43.5 Å². The number of aliphatic hydroxyl groups excluding tert-OH is 1. The third-order valence-electron chi connectivity index (χ3n) is 5.45. The average molecular weight is 445 g/mol. The summed E-state index contributed by atoms with van der Waals surface area (Å²) in [7, 11) is 0.687. The lowest BCUT2D eigenvalue weighted by molar-refractivity contribution is 0.198. The van der Waals surface area contributed by atoms with Crippen LogP contribution in [0.5, 0.6) is 17.2 Å². The third kappa shape index (κ3) is 3.75. The first-order valence-corrected chi connectivity index (χ1v) is 11.2. The van der Waals surface area contributed by atoms with Crippen LogP contribution >= 0.6 is 0 Å². The van der Waals surface area contributed by atoms with Gasteiger partial charge in [0.15, 0.2) is 11.5 Å². The first-order chi connectivity index (χ1) is 14.9. The number of aromatic nitrogens is 1. The molecule has 2 heterocycles. The van der Waals surface area contributed by atoms with E-state index in [9.17, 15) is 13.5 Å². The van der Waals surface area contributed by atoms with Gasteiger partial charge in [-0.3, -0.25) is 4.98 Å². The average Bonchev–Trinajstić information content (AvgIpc) is 3.22. The van der Waals surface area contributed by atoms with Crippen LogP contribution in [0.4, 0.5) is 5.69 Å². The Morgan fingerprint density at radius 3 is 2.29 bits per heavy atom. The Kier molecular flexibility index (Phi) is 5.63. The third-order valence-corrected chi connectivity index (χ3v) is 7.22. The standard InChI is InChI=1S/C22H24N2O6S/c1-28-15-4-6-16(7-5-15)31(26,27)21-12-23-18-11-20(30-3)19(29-2)10-17(18)22(21)24-9-8-14(25)13-24/h4-7,10-12,14,25H,8-9,13H2,1-3H3. The zero-order valence-electron chi connectivity index (χ0n) is 17.5. The normalized spacial score (nSPS) is 16.5. The van der Waals surface area contributed by atoms with Crippen LogP contribution in [0, 0.1) is 0 Å². The molecule has 8 nitrogen and oxygen atoms in total. The number of ether oxygens (including phenoxy) is 3. The highest BCUT2D eigenvalue weighted by atomic mass is 32.2. The second-order valence-corrected chi connectivity index (χ2v) is 9.18. The summed E-state index contributed by atoms with van der Waals surface area (Å²) in [4.78, 5) is 6.51. The van der Waals surface area contributed by atoms with E-state index >= 15 is 0 Å². The summed E-state index contributed by atoms with van der Waals surface area (Å²) in [6.45, 7) is 0.859. The minimum atomic E-state index is -3.89. The molecule has 9 heteroatoms. The molecule has 0 radical (unpaired) electrons. The number of pyridine rings is 1. The predicted octanol–water partition coefficient (Wildman–Crippen LogP) is 2.66. The SMILES string of the molecule is COc1ccc(S(=O)(=O)c2cnc3cc(OC)c(OC)cc3c2N2CCC(O)C2)cc1. The van der Waals surface area contributed by atoms with Gasteiger partial charge in [-0.1, -0.05) is 0 Å². The number of nitrogens with zero attached hydrogens (tertiary/aromatic N) is 2. The molecule has 164 valence electrons. The summed E-state index contributed by atoms with van der Waals surface area (Å²) in [5.74, 6) is 1.53. The number of methoxy groups -OCH3 is 3. The highest BCUT2D eigenvalue weighted by Crippen LogP contribution is 2.41. The Balaban J connectivity index is 1.97. The van der Waals surface area contributed by atoms with Crippen molar-refractivity contribution in [2.24, 2.45) is 0 Å². The zero-order chi connectivity index (χ0) is 22.2. The summed E-state index contributed by atoms with van der Waals surface area (Å²) < 4.78 is 43.1. The molecule has 31 heavy (non-hydrogen) atoms. The van der Waals surface area contributed by atoms with Gasteiger partial charge in [0, 0.05) is 30.7 Å². The van der Waals surface area contributed by atoms with E-state index in [-0.39, 0.29) is 9.79 Å². The number of anilines is 1. The Bertz CT molecular complexity index is 1210. The maximum absolute atomic E-state index is 13.6. The maximum Gasteiger partial charge on any atom is 0.210 e. The number of benzene rings is 2. The fourth-order valence-corrected chi connectivity index (χ4v) is 5.27. The summed E-state index contributed by atoms with van der Waals surface area (Å²) in [6, 6.07) is 9.68. The summed E-state index contributed by atoms with van der Waals surface area (Å²) >= 11 is 0. The lowest BCUT2D eigenvalue weighted by Crippen LogP contribution is -2.24. The molecule has 1 fully saturated rings. The van der Waals surface area contributed by atoms with E-state index in [0.29, 0.717) is 53.3 Å². The van der Waals surface area contributed by atoms with Gasteiger partial charge in [-0.2, -0.15) is 0 Å². The van der Waals surface area contributed by atoms with E-state index in [1.54, 1.807) is 24.3 Å². The molecule has 1 aromatic heterocycles. The number of fused-ring (bicyclic) bond motifs is 1. The van der Waals surface area contributed by atoms with Crippen LogP contribution in [-0.2, 0) is 9.84 Å². The zero-order valence-corrected chi connectivity index (χ0v) is 18.3. The van der Waals surface area contributed by atoms with Crippen molar-refractivity contribution < 1.29 is 27.7 Å². The van der Waals surface area contributed by atoms with Crippen molar-refractivity contribution in [2.45, 2.75) is 22.3 Å². The van der Waals surface area contributed by atoms with Gasteiger partial charge in [-0.15, -0.1) is 0 Å². The Labute approximate surface area is 180 Å². The van der Waals surface area contributed by atoms with Gasteiger partial charge < -0.3 is 24.2 Å². The number of hydrogen-bond acceptors (Lipinski definition) is 8. The Morgan fingerprint density at radius 1 is 1.03 bits per heavy atom. The van der Waals surface area contributed by atoms with Gasteiger partial charge in [-0.25, -0.2) is 8.42 Å². The molecule has 4 rings (SSSR count). The van der Waals surface area contributed by atoms with Gasteiger partial charge in [-0.05, 0) is 36.8 Å². The molecule has 2 aromatic carbocycles. The molecule has 0 saturated carbocycles. The first kappa shape index (κ1) is 21.2. The second-order valence-electron chi connectivity index (χ2n) is 7.26. The van der Waals surface area contributed by atoms with Crippen LogP contribution in [0.25, 0.3) is 10.9 Å². The fourth-order valence-electron chi connectivity index (χ4n) is 3.84. The number of aliphatic hydroxyl groups is 1. The van der Waals surface area contributed by atoms with Crippen molar-refractivity contribution in [1.29, 1.82) is 0 Å². The molecule has 3 aromatic rings. The highest BCUT2D eigenvalue weighted by Gasteiger charge is 2.31. The summed E-state index contributed by atoms with van der Waals surface area (Å²) in [6.07, 6.45) is 1.40. The Hall–Kier alpha value is -3.04. The molecular formula is C22H24N2O6S. The van der Waals surface area contributed by atoms with Crippen LogP contribution in [0.1, 0.15) is 6.42 Å². The van der Waals surface area contributed by atoms with Gasteiger partial charge in [0.2, 0.25) is 9.84 Å². The number of β-amino-alcohol motifs (C(OH)–C–C–N with tert-alkyl or cyclic N) is 1. The van der Waals surface area contributed by atoms with E-state index in [0.717, 1.165) is 0 Å². The van der Waals surface area contributed by atoms with Crippen LogP contribution < -0.4 is 19.1 Å². The second kappa shape index (κ2) is 8.24. The lowest BCUT2D eigenvalue weighted by atomic mass is 10.1. The van der Waals surface area contributed by atoms with Crippen molar-refractivity contribution in [3.8, 4) is 17.2 Å². The predicted molar refractivity (Wildman–Crippen MR) is 116 cm³/mol. The molecule has 1 N–H and O–H groups in total. The topological polar surface area (TPSA) is 98.2 Å². The van der Waals surface area contributed by atoms with Crippen LogP contribution in [-0.4, -0.2) is 59.0 Å². The fraction of sp³-hybridized carbons (Fsp3) is 0.318. The van der Waals surface area contributed by atoms with Gasteiger partial charge in [0.25, 0.3) is 0 Å². The van der Waals surface area contributed by atoms with E-state index in [1.165, 1.54) is 39.7 Å². The van der Waals surface area contributed by atoms with E-state index in [2.05, 4.69) is 4.98 Å². The molecule has 1 saturated heterocycles. The number of rotatable bonds is 6. The molecule has 0 aliphatic carbocycles. The van der Waals surface area contributed by atoms with Crippen LogP contribution in [0.15, 0.2) is 52.4 Å². The van der Waals surface area contributed by atoms with Gasteiger partial charge in [0.1, 0.15) is 10.6 Å². The first-order valence-electron chi connectivity index (χ1n) is 9.76. The highest BCUT2D eigenvalue weighted by molar-refractivity contribution is 7.91. The van der Waals surface area contributed by atoms with E-state index in [1.807, 2.05) is 4.90 Å². The monoisotopic (exact) mass is 444 g/mol. The number of hydrogen-bond donors (Lipinski definition) is 1. The molecule has 1 aliphatic rings. The van der Waals surface area contributed by atoms with Crippen molar-refractivity contribution in [3.63, 3.8) is 0 Å². The quantitative estimate of drug-likeness (QED) is 0.620. The smallest absolute Gasteiger partial charge is 0.210 e. The Morgan fingerprint density at radius 2 is 1.71 bits per heavy atom. The van der Waals surface area contributed by atoms with Crippen molar-refractivity contribution >= 4 is 26.4 Å². The minimum absolute atomic E-state index is 0.0755. The minimum Gasteiger partial charge on any atom is -0.497 e. The molecule has 1 unspecified atom stereocenters. The summed E-state index contributed by atoms with van der Waals surface area (Å²) in [5, 5.41) is 10.7. The van der Waals surface area contributed by atoms with Gasteiger partial charge >= 0.3 is 0 Å². The van der Waals surface area contributed by atoms with E-state index < -0.39 is 15.9 Å². The van der Waals surface area contributed by atoms with E-state index in [4.69, 9.17) is 14.2 Å². The van der Waals surface area contributed by atoms with Crippen molar-refractivity contribution in [1.82, 2.24) is 4.98 Å². The molecule has 1 atom stereocenters. The molecule has 0 amide bonds. The van der Waals surface area contributed by atoms with Crippen LogP contribution in [0.2, 0.25) is 0 Å². The molecule has 0 spiro atoms. The maximum atomic E-state index is 13.6. The summed E-state index contributed by atoms with van der Waals surface area (Å²) in [5.41, 5.74) is 1.07. The van der Waals surface area contributed by atoms with Crippen molar-refractivity contribution in [3.05, 3.63) is 42.6 Å².